The summed E-state index contributed by atoms with van der Waals surface area (Å²) in [5.74, 6) is -2.10. The first-order chi connectivity index (χ1) is 13.0. The van der Waals surface area contributed by atoms with E-state index < -0.39 is 22.8 Å². The zero-order valence-corrected chi connectivity index (χ0v) is 21.5. The van der Waals surface area contributed by atoms with Crippen molar-refractivity contribution in [2.45, 2.75) is 32.6 Å². The van der Waals surface area contributed by atoms with Gasteiger partial charge < -0.3 is 9.47 Å². The molecule has 0 saturated heterocycles. The average Bonchev–Trinajstić information content (AvgIpc) is 2.68. The van der Waals surface area contributed by atoms with E-state index in [0.717, 1.165) is 25.7 Å². The van der Waals surface area contributed by atoms with Crippen molar-refractivity contribution in [2.75, 3.05) is 0 Å². The zero-order valence-electron chi connectivity index (χ0n) is 15.8. The minimum Gasteiger partial charge on any atom is -0.423 e. The van der Waals surface area contributed by atoms with E-state index in [9.17, 15) is 14.0 Å². The molecule has 0 aromatic heterocycles. The summed E-state index contributed by atoms with van der Waals surface area (Å²) < 4.78 is 24.8. The smallest absolute Gasteiger partial charge is 0.423 e. The van der Waals surface area contributed by atoms with Gasteiger partial charge in [0.15, 0.2) is 17.3 Å². The third-order valence-corrected chi connectivity index (χ3v) is 5.08. The summed E-state index contributed by atoms with van der Waals surface area (Å²) in [7, 11) is 0. The summed E-state index contributed by atoms with van der Waals surface area (Å²) >= 11 is 5.97. The third kappa shape index (κ3) is 5.96. The number of benzene rings is 2. The number of rotatable bonds is 4. The summed E-state index contributed by atoms with van der Waals surface area (Å²) in [5.41, 5.74) is 0.284. The van der Waals surface area contributed by atoms with Gasteiger partial charge in [0.1, 0.15) is 5.02 Å². The van der Waals surface area contributed by atoms with Gasteiger partial charge in [-0.25, -0.2) is 9.18 Å². The minimum absolute atomic E-state index is 0. The van der Waals surface area contributed by atoms with E-state index in [4.69, 9.17) is 21.1 Å². The van der Waals surface area contributed by atoms with Crippen molar-refractivity contribution in [1.82, 2.24) is 0 Å². The van der Waals surface area contributed by atoms with Crippen molar-refractivity contribution in [3.8, 4) is 11.5 Å². The number of hydrogen-bond donors (Lipinski definition) is 0. The van der Waals surface area contributed by atoms with Gasteiger partial charge in [0.25, 0.3) is 0 Å². The maximum absolute atomic E-state index is 14.5. The van der Waals surface area contributed by atoms with E-state index in [1.54, 1.807) is 12.1 Å². The van der Waals surface area contributed by atoms with Crippen LogP contribution in [0.3, 0.4) is 0 Å². The SMILES string of the molecule is CC1CCC(C(=O)Oc2ccc(OC(=O)c3cc[c-]cc3)c(Cl)c2F)CC1.[Rb+]. The summed E-state index contributed by atoms with van der Waals surface area (Å²) in [6, 6.07) is 11.5. The maximum atomic E-state index is 14.5. The minimum atomic E-state index is -0.930. The molecule has 1 aliphatic carbocycles. The van der Waals surface area contributed by atoms with E-state index in [-0.39, 0.29) is 81.2 Å². The van der Waals surface area contributed by atoms with Crippen molar-refractivity contribution in [3.05, 3.63) is 58.9 Å². The van der Waals surface area contributed by atoms with Crippen LogP contribution in [0.2, 0.25) is 5.02 Å². The second-order valence-corrected chi connectivity index (χ2v) is 7.12. The number of carbonyl (C=O) groups excluding carboxylic acids is 2. The van der Waals surface area contributed by atoms with Gasteiger partial charge in [0, 0.05) is 0 Å². The Hall–Kier alpha value is -0.595. The molecule has 0 bridgehead atoms. The first-order valence-electron chi connectivity index (χ1n) is 8.83. The van der Waals surface area contributed by atoms with Crippen LogP contribution in [0, 0.1) is 23.7 Å². The van der Waals surface area contributed by atoms with E-state index in [1.165, 1.54) is 24.3 Å². The molecule has 0 unspecified atom stereocenters. The largest absolute Gasteiger partial charge is 1.00 e. The van der Waals surface area contributed by atoms with Crippen molar-refractivity contribution in [1.29, 1.82) is 0 Å². The number of ether oxygens (including phenoxy) is 2. The first-order valence-corrected chi connectivity index (χ1v) is 9.21. The molecule has 142 valence electrons. The number of esters is 2. The fourth-order valence-electron chi connectivity index (χ4n) is 3.04. The van der Waals surface area contributed by atoms with Crippen LogP contribution in [-0.2, 0) is 4.79 Å². The molecule has 2 aromatic carbocycles. The predicted octanol–water partition coefficient (Wildman–Crippen LogP) is 2.23. The number of carbonyl (C=O) groups is 2. The monoisotopic (exact) mass is 474 g/mol. The molecule has 1 fully saturated rings. The van der Waals surface area contributed by atoms with Crippen LogP contribution >= 0.6 is 11.6 Å². The molecule has 0 heterocycles. The zero-order chi connectivity index (χ0) is 19.4. The molecule has 2 aromatic rings. The van der Waals surface area contributed by atoms with Crippen molar-refractivity contribution in [2.24, 2.45) is 11.8 Å². The van der Waals surface area contributed by atoms with Gasteiger partial charge in [-0.05, 0) is 49.3 Å². The Balaban J connectivity index is 0.00000280. The van der Waals surface area contributed by atoms with Crippen molar-refractivity contribution in [3.63, 3.8) is 0 Å². The molecule has 0 atom stereocenters. The molecule has 0 radical (unpaired) electrons. The second kappa shape index (κ2) is 11.0. The Bertz CT molecular complexity index is 836. The Kier molecular flexibility index (Phi) is 9.28. The van der Waals surface area contributed by atoms with Gasteiger partial charge in [-0.2, -0.15) is 30.3 Å². The van der Waals surface area contributed by atoms with Gasteiger partial charge in [-0.3, -0.25) is 4.79 Å². The maximum Gasteiger partial charge on any atom is 1.00 e. The first kappa shape index (κ1) is 23.7. The Morgan fingerprint density at radius 3 is 2.29 bits per heavy atom. The molecule has 0 aliphatic heterocycles. The Morgan fingerprint density at radius 2 is 1.64 bits per heavy atom. The van der Waals surface area contributed by atoms with E-state index >= 15 is 0 Å². The third-order valence-electron chi connectivity index (χ3n) is 4.73. The topological polar surface area (TPSA) is 52.6 Å². The van der Waals surface area contributed by atoms with Crippen LogP contribution in [0.15, 0.2) is 36.4 Å². The quantitative estimate of drug-likeness (QED) is 0.387. The van der Waals surface area contributed by atoms with Crippen molar-refractivity contribution < 1.29 is 81.6 Å². The molecule has 1 saturated carbocycles. The van der Waals surface area contributed by atoms with Crippen molar-refractivity contribution >= 4 is 23.5 Å². The van der Waals surface area contributed by atoms with Crippen LogP contribution in [0.1, 0.15) is 43.0 Å². The summed E-state index contributed by atoms with van der Waals surface area (Å²) in [4.78, 5) is 24.3. The Labute approximate surface area is 217 Å². The Morgan fingerprint density at radius 1 is 1.04 bits per heavy atom. The van der Waals surface area contributed by atoms with Gasteiger partial charge in [-0.15, -0.1) is 0 Å². The summed E-state index contributed by atoms with van der Waals surface area (Å²) in [6.45, 7) is 2.15. The molecule has 0 amide bonds. The molecule has 28 heavy (non-hydrogen) atoms. The van der Waals surface area contributed by atoms with E-state index in [2.05, 4.69) is 13.0 Å². The molecule has 0 spiro atoms. The summed E-state index contributed by atoms with van der Waals surface area (Å²) in [5, 5.41) is -0.409. The van der Waals surface area contributed by atoms with E-state index in [0.29, 0.717) is 5.92 Å². The molecular weight excluding hydrogens is 456 g/mol. The number of hydrogen-bond acceptors (Lipinski definition) is 4. The molecule has 0 N–H and O–H groups in total. The number of halogens is 2. The predicted molar refractivity (Wildman–Crippen MR) is 98.4 cm³/mol. The van der Waals surface area contributed by atoms with Crippen LogP contribution in [-0.4, -0.2) is 11.9 Å². The molecule has 3 rings (SSSR count). The van der Waals surface area contributed by atoms with E-state index in [1.807, 2.05) is 0 Å². The fourth-order valence-corrected chi connectivity index (χ4v) is 3.24. The summed E-state index contributed by atoms with van der Waals surface area (Å²) in [6.07, 6.45) is 3.38. The fraction of sp³-hybridized carbons (Fsp3) is 0.333. The molecular formula is C21H19ClFO4Rb. The van der Waals surface area contributed by atoms with Gasteiger partial charge in [0.2, 0.25) is 0 Å². The van der Waals surface area contributed by atoms with Crippen LogP contribution in [0.5, 0.6) is 11.5 Å². The normalized spacial score (nSPS) is 18.7. The second-order valence-electron chi connectivity index (χ2n) is 6.75. The molecule has 4 nitrogen and oxygen atoms in total. The van der Waals surface area contributed by atoms with Crippen LogP contribution in [0.25, 0.3) is 0 Å². The van der Waals surface area contributed by atoms with Gasteiger partial charge in [0.05, 0.1) is 5.92 Å². The van der Waals surface area contributed by atoms with Crippen LogP contribution in [0.4, 0.5) is 4.39 Å². The average molecular weight is 475 g/mol. The molecule has 1 aliphatic rings. The van der Waals surface area contributed by atoms with Crippen LogP contribution < -0.4 is 67.7 Å². The van der Waals surface area contributed by atoms with Gasteiger partial charge in [-0.1, -0.05) is 18.5 Å². The standard InChI is InChI=1S/C21H19ClFO4.Rb/c1-13-7-9-15(10-8-13)21(25)27-17-12-11-16(18(22)19(17)23)26-20(24)14-5-3-2-4-6-14;/h3-6,11-13,15H,7-10H2,1H3;/q-1;+1. The molecule has 7 heteroatoms. The van der Waals surface area contributed by atoms with Gasteiger partial charge >= 0.3 is 70.1 Å².